The standard InChI is InChI=1S/C28H37N3O6/c1-27(9-4-10-27)16-30-24(32)19-5-6-21(19)31-25(33)20-14-22(17(15-29)13-23(20)36-3)37-18-7-11-28(2,12-8-18)26(34)35/h13-14,18-19,21H,4-12,16H2,1-3H3,(H,30,32)(H,31,33)(H,34,35). The molecule has 0 aliphatic heterocycles. The van der Waals surface area contributed by atoms with Crippen LogP contribution in [0.25, 0.3) is 0 Å². The molecule has 4 rings (SSSR count). The summed E-state index contributed by atoms with van der Waals surface area (Å²) in [5, 5.41) is 25.2. The fraction of sp³-hybridized carbons (Fsp3) is 0.643. The van der Waals surface area contributed by atoms with E-state index in [1.165, 1.54) is 25.7 Å². The number of nitrogens with zero attached hydrogens (tertiary/aromatic N) is 1. The highest BCUT2D eigenvalue weighted by Crippen LogP contribution is 2.40. The van der Waals surface area contributed by atoms with Gasteiger partial charge in [0.25, 0.3) is 5.91 Å². The number of aliphatic carboxylic acids is 1. The minimum Gasteiger partial charge on any atom is -0.496 e. The van der Waals surface area contributed by atoms with E-state index in [0.717, 1.165) is 19.3 Å². The Kier molecular flexibility index (Phi) is 7.67. The summed E-state index contributed by atoms with van der Waals surface area (Å²) < 4.78 is 11.5. The molecule has 9 heteroatoms. The van der Waals surface area contributed by atoms with Crippen LogP contribution in [0.15, 0.2) is 12.1 Å². The monoisotopic (exact) mass is 511 g/mol. The van der Waals surface area contributed by atoms with Gasteiger partial charge in [0.1, 0.15) is 17.6 Å². The maximum Gasteiger partial charge on any atom is 0.309 e. The van der Waals surface area contributed by atoms with E-state index >= 15 is 0 Å². The lowest BCUT2D eigenvalue weighted by Gasteiger charge is -2.40. The minimum atomic E-state index is -0.813. The summed E-state index contributed by atoms with van der Waals surface area (Å²) in [6.07, 6.45) is 6.68. The lowest BCUT2D eigenvalue weighted by molar-refractivity contribution is -0.150. The minimum absolute atomic E-state index is 0.0221. The molecule has 2 atom stereocenters. The molecule has 1 aromatic carbocycles. The van der Waals surface area contributed by atoms with Gasteiger partial charge in [0.05, 0.1) is 35.7 Å². The number of carboxylic acids is 1. The van der Waals surface area contributed by atoms with E-state index in [2.05, 4.69) is 23.6 Å². The van der Waals surface area contributed by atoms with Crippen molar-refractivity contribution in [1.29, 1.82) is 5.26 Å². The van der Waals surface area contributed by atoms with Crippen LogP contribution in [0.3, 0.4) is 0 Å². The van der Waals surface area contributed by atoms with E-state index in [-0.39, 0.29) is 57.9 Å². The van der Waals surface area contributed by atoms with Crippen molar-refractivity contribution in [2.24, 2.45) is 16.7 Å². The summed E-state index contributed by atoms with van der Waals surface area (Å²) in [7, 11) is 1.43. The van der Waals surface area contributed by atoms with Crippen LogP contribution in [0, 0.1) is 28.1 Å². The SMILES string of the molecule is COc1cc(C#N)c(OC2CCC(C)(C(=O)O)CC2)cc1C(=O)NC1CCC1C(=O)NCC1(C)CCC1. The smallest absolute Gasteiger partial charge is 0.309 e. The Balaban J connectivity index is 1.42. The fourth-order valence-electron chi connectivity index (χ4n) is 5.45. The molecule has 0 radical (unpaired) electrons. The largest absolute Gasteiger partial charge is 0.496 e. The van der Waals surface area contributed by atoms with Gasteiger partial charge in [-0.15, -0.1) is 0 Å². The van der Waals surface area contributed by atoms with Crippen LogP contribution in [0.4, 0.5) is 0 Å². The summed E-state index contributed by atoms with van der Waals surface area (Å²) >= 11 is 0. The van der Waals surface area contributed by atoms with Gasteiger partial charge in [0.15, 0.2) is 0 Å². The predicted molar refractivity (Wildman–Crippen MR) is 135 cm³/mol. The molecular formula is C28H37N3O6. The van der Waals surface area contributed by atoms with Crippen molar-refractivity contribution >= 4 is 17.8 Å². The van der Waals surface area contributed by atoms with Gasteiger partial charge in [0.2, 0.25) is 5.91 Å². The number of ether oxygens (including phenoxy) is 2. The lowest BCUT2D eigenvalue weighted by atomic mass is 9.70. The summed E-state index contributed by atoms with van der Waals surface area (Å²) in [5.41, 5.74) is -0.111. The lowest BCUT2D eigenvalue weighted by Crippen LogP contribution is -2.54. The number of hydrogen-bond donors (Lipinski definition) is 3. The molecule has 0 aromatic heterocycles. The first-order chi connectivity index (χ1) is 17.6. The number of benzene rings is 1. The number of carbonyl (C=O) groups is 3. The van der Waals surface area contributed by atoms with E-state index in [1.54, 1.807) is 6.92 Å². The molecule has 2 amide bonds. The maximum absolute atomic E-state index is 13.2. The second kappa shape index (κ2) is 10.6. The molecule has 2 unspecified atom stereocenters. The van der Waals surface area contributed by atoms with Gasteiger partial charge >= 0.3 is 5.97 Å². The molecule has 1 aromatic rings. The van der Waals surface area contributed by atoms with Crippen LogP contribution < -0.4 is 20.1 Å². The average Bonchev–Trinajstić information content (AvgIpc) is 2.85. The van der Waals surface area contributed by atoms with Crippen molar-refractivity contribution in [3.05, 3.63) is 23.3 Å². The molecule has 9 nitrogen and oxygen atoms in total. The van der Waals surface area contributed by atoms with Crippen LogP contribution in [-0.2, 0) is 9.59 Å². The Morgan fingerprint density at radius 3 is 2.30 bits per heavy atom. The first-order valence-corrected chi connectivity index (χ1v) is 13.2. The number of methoxy groups -OCH3 is 1. The van der Waals surface area contributed by atoms with Gasteiger partial charge in [0, 0.05) is 18.7 Å². The molecular weight excluding hydrogens is 474 g/mol. The number of amides is 2. The first kappa shape index (κ1) is 26.8. The van der Waals surface area contributed by atoms with E-state index in [4.69, 9.17) is 9.47 Å². The Labute approximate surface area is 217 Å². The van der Waals surface area contributed by atoms with Crippen LogP contribution in [0.5, 0.6) is 11.5 Å². The molecule has 0 saturated heterocycles. The van der Waals surface area contributed by atoms with Crippen molar-refractivity contribution in [3.63, 3.8) is 0 Å². The number of rotatable bonds is 9. The van der Waals surface area contributed by atoms with Crippen molar-refractivity contribution in [2.45, 2.75) is 83.8 Å². The van der Waals surface area contributed by atoms with Gasteiger partial charge < -0.3 is 25.2 Å². The number of carbonyl (C=O) groups excluding carboxylic acids is 2. The molecule has 200 valence electrons. The topological polar surface area (TPSA) is 138 Å². The molecule has 0 heterocycles. The molecule has 3 N–H and O–H groups in total. The second-order valence-electron chi connectivity index (χ2n) is 11.5. The summed E-state index contributed by atoms with van der Waals surface area (Å²) in [4.78, 5) is 37.5. The molecule has 3 aliphatic carbocycles. The highest BCUT2D eigenvalue weighted by molar-refractivity contribution is 5.98. The van der Waals surface area contributed by atoms with Crippen LogP contribution >= 0.6 is 0 Å². The molecule has 0 spiro atoms. The fourth-order valence-corrected chi connectivity index (χ4v) is 5.45. The highest BCUT2D eigenvalue weighted by Gasteiger charge is 2.40. The maximum atomic E-state index is 13.2. The van der Waals surface area contributed by atoms with E-state index in [1.807, 2.05) is 0 Å². The zero-order chi connectivity index (χ0) is 26.8. The molecule has 3 aliphatic rings. The van der Waals surface area contributed by atoms with Gasteiger partial charge in [-0.25, -0.2) is 0 Å². The van der Waals surface area contributed by atoms with Crippen molar-refractivity contribution < 1.29 is 29.0 Å². The third kappa shape index (κ3) is 5.68. The summed E-state index contributed by atoms with van der Waals surface area (Å²) in [6.45, 7) is 4.59. The zero-order valence-corrected chi connectivity index (χ0v) is 21.9. The first-order valence-electron chi connectivity index (χ1n) is 13.2. The normalized spacial score (nSPS) is 28.0. The van der Waals surface area contributed by atoms with Crippen molar-refractivity contribution in [3.8, 4) is 17.6 Å². The number of carboxylic acid groups (broad SMARTS) is 1. The van der Waals surface area contributed by atoms with Crippen LogP contribution in [0.1, 0.15) is 87.6 Å². The van der Waals surface area contributed by atoms with E-state index in [0.29, 0.717) is 38.6 Å². The number of nitriles is 1. The van der Waals surface area contributed by atoms with E-state index < -0.39 is 11.4 Å². The van der Waals surface area contributed by atoms with Crippen molar-refractivity contribution in [1.82, 2.24) is 10.6 Å². The van der Waals surface area contributed by atoms with Crippen LogP contribution in [-0.4, -0.2) is 48.7 Å². The Bertz CT molecular complexity index is 1100. The van der Waals surface area contributed by atoms with Gasteiger partial charge in [-0.05, 0) is 69.8 Å². The quantitative estimate of drug-likeness (QED) is 0.458. The molecule has 3 fully saturated rings. The molecule has 37 heavy (non-hydrogen) atoms. The third-order valence-electron chi connectivity index (χ3n) is 8.69. The third-order valence-corrected chi connectivity index (χ3v) is 8.69. The molecule has 0 bridgehead atoms. The predicted octanol–water partition coefficient (Wildman–Crippen LogP) is 3.79. The Morgan fingerprint density at radius 2 is 1.78 bits per heavy atom. The number of nitrogens with one attached hydrogen (secondary N) is 2. The van der Waals surface area contributed by atoms with Gasteiger partial charge in [-0.3, -0.25) is 14.4 Å². The van der Waals surface area contributed by atoms with Crippen molar-refractivity contribution in [2.75, 3.05) is 13.7 Å². The zero-order valence-electron chi connectivity index (χ0n) is 21.9. The summed E-state index contributed by atoms with van der Waals surface area (Å²) in [5.74, 6) is -0.963. The summed E-state index contributed by atoms with van der Waals surface area (Å²) in [6, 6.07) is 4.83. The second-order valence-corrected chi connectivity index (χ2v) is 11.5. The van der Waals surface area contributed by atoms with Gasteiger partial charge in [-0.1, -0.05) is 13.3 Å². The van der Waals surface area contributed by atoms with E-state index in [9.17, 15) is 24.8 Å². The average molecular weight is 512 g/mol. The van der Waals surface area contributed by atoms with Crippen LogP contribution in [0.2, 0.25) is 0 Å². The Hall–Kier alpha value is -3.28. The molecule has 3 saturated carbocycles. The highest BCUT2D eigenvalue weighted by atomic mass is 16.5. The number of hydrogen-bond acceptors (Lipinski definition) is 6. The van der Waals surface area contributed by atoms with Gasteiger partial charge in [-0.2, -0.15) is 5.26 Å². The Morgan fingerprint density at radius 1 is 1.08 bits per heavy atom.